The molecule has 0 fully saturated rings. The number of nitrogens with zero attached hydrogens (tertiary/aromatic N) is 6. The first kappa shape index (κ1) is 90.2. The number of phenolic OH excluding ortho intramolecular Hbond substituents is 2. The quantitative estimate of drug-likeness (QED) is 0.112. The molecule has 2 aliphatic rings. The molecule has 0 saturated carbocycles. The van der Waals surface area contributed by atoms with Gasteiger partial charge in [0, 0.05) is 116 Å². The zero-order chi connectivity index (χ0) is 90.2. The van der Waals surface area contributed by atoms with Crippen LogP contribution in [-0.2, 0) is 80.0 Å². The van der Waals surface area contributed by atoms with Crippen molar-refractivity contribution in [2.45, 2.75) is 163 Å². The summed E-state index contributed by atoms with van der Waals surface area (Å²) in [7, 11) is 0. The van der Waals surface area contributed by atoms with Crippen molar-refractivity contribution in [1.82, 2.24) is 29.1 Å². The molecular weight excluding hydrogens is 1960 g/mol. The van der Waals surface area contributed by atoms with Gasteiger partial charge in [-0.1, -0.05) is 407 Å². The molecular formula is C121H110N6O2Pt2-2. The third-order valence-corrected chi connectivity index (χ3v) is 27.0. The zero-order valence-electron chi connectivity index (χ0n) is 77.9. The predicted octanol–water partition coefficient (Wildman–Crippen LogP) is 31.0. The minimum Gasteiger partial charge on any atom is -0.507 e. The van der Waals surface area contributed by atoms with Gasteiger partial charge in [0.15, 0.2) is 0 Å². The normalized spacial score (nSPS) is 13.2. The second-order valence-corrected chi connectivity index (χ2v) is 40.8. The molecule has 0 spiro atoms. The van der Waals surface area contributed by atoms with Crippen molar-refractivity contribution >= 4 is 22.1 Å². The van der Waals surface area contributed by atoms with E-state index in [2.05, 4.69) is 461 Å². The van der Waals surface area contributed by atoms with Gasteiger partial charge in [-0.05, 0) is 125 Å². The molecule has 2 N–H and O–H groups in total. The number of para-hydroxylation sites is 4. The number of aromatic nitrogens is 6. The fourth-order valence-electron chi connectivity index (χ4n) is 19.5. The molecule has 2 aliphatic carbocycles. The minimum absolute atomic E-state index is 0. The van der Waals surface area contributed by atoms with E-state index in [0.29, 0.717) is 22.8 Å². The van der Waals surface area contributed by atoms with Crippen LogP contribution in [0.15, 0.2) is 328 Å². The van der Waals surface area contributed by atoms with Crippen LogP contribution in [0.25, 0.3) is 157 Å². The molecule has 4 heterocycles. The third-order valence-electron chi connectivity index (χ3n) is 27.0. The van der Waals surface area contributed by atoms with Crippen LogP contribution in [0.1, 0.15) is 180 Å². The van der Waals surface area contributed by atoms with Crippen molar-refractivity contribution in [1.29, 1.82) is 0 Å². The Balaban J connectivity index is 0.000000181. The molecule has 0 aliphatic heterocycles. The molecule has 10 heteroatoms. The van der Waals surface area contributed by atoms with Gasteiger partial charge < -0.3 is 10.2 Å². The number of pyridine rings is 2. The van der Waals surface area contributed by atoms with E-state index in [-0.39, 0.29) is 91.5 Å². The maximum atomic E-state index is 12.5. The van der Waals surface area contributed by atoms with Crippen LogP contribution in [0, 0.1) is 12.1 Å². The first-order chi connectivity index (χ1) is 61.6. The molecule has 18 aromatic rings. The molecule has 0 saturated heterocycles. The summed E-state index contributed by atoms with van der Waals surface area (Å²) in [6.45, 7) is 40.2. The summed E-state index contributed by atoms with van der Waals surface area (Å²) in [5.74, 6) is 1.85. The third kappa shape index (κ3) is 16.3. The first-order valence-corrected chi connectivity index (χ1v) is 45.2. The van der Waals surface area contributed by atoms with E-state index in [9.17, 15) is 10.2 Å². The van der Waals surface area contributed by atoms with Crippen LogP contribution in [0.3, 0.4) is 0 Å². The molecule has 0 radical (unpaired) electrons. The smallest absolute Gasteiger partial charge is 0.148 e. The molecule has 4 aromatic heterocycles. The Morgan fingerprint density at radius 2 is 0.618 bits per heavy atom. The molecule has 131 heavy (non-hydrogen) atoms. The fourth-order valence-corrected chi connectivity index (χ4v) is 19.5. The van der Waals surface area contributed by atoms with E-state index >= 15 is 0 Å². The molecule has 0 atom stereocenters. The first-order valence-electron chi connectivity index (χ1n) is 45.2. The standard InChI is InChI=1S/C62H58N3O.C59H52N3O.2Pt/c1-59(2,3)43-35-48(57(66)52(36-43)60(4,5)6)58-64-56-46(28-21-31-55(56)65(58)54-30-20-18-26-45(54)39-22-13-11-14-23-39)40-32-41(34-44(33-40)61(7,8)42-24-15-12-16-25-42)53-37-51-49(38-63-53)47-27-17-19-29-50(47)62(51,9)10;1-57(2,3)42-33-46(55(63)50(34-42)58(4,5)6)56-61-54-44(26-19-29-53(54)62(56)52-28-18-16-24-43(52)38-22-13-10-14-23-38)40-30-39(37-20-11-9-12-21-37)31-41(32-40)51-35-49-47(36-60-51)45-25-15-17-27-48(45)59(49,7)8;;/h11-31,33-38,66H,1-10H3;9-31,33-36,63H,1-8H3;;/q2*-1;;. The summed E-state index contributed by atoms with van der Waals surface area (Å²) in [5.41, 5.74) is 35.5. The molecule has 14 aromatic carbocycles. The van der Waals surface area contributed by atoms with Gasteiger partial charge in [-0.25, -0.2) is 9.97 Å². The van der Waals surface area contributed by atoms with E-state index in [0.717, 1.165) is 139 Å². The largest absolute Gasteiger partial charge is 0.507 e. The molecule has 8 nitrogen and oxygen atoms in total. The Morgan fingerprint density at radius 1 is 0.275 bits per heavy atom. The Hall–Kier alpha value is -12.7. The van der Waals surface area contributed by atoms with Gasteiger partial charge in [0.05, 0.1) is 44.6 Å². The summed E-state index contributed by atoms with van der Waals surface area (Å²) in [6, 6.07) is 120. The Kier molecular flexibility index (Phi) is 23.6. The number of rotatable bonds is 13. The number of fused-ring (bicyclic) bond motifs is 8. The van der Waals surface area contributed by atoms with E-state index in [1.165, 1.54) is 50.1 Å². The van der Waals surface area contributed by atoms with Crippen molar-refractivity contribution in [2.24, 2.45) is 0 Å². The topological polar surface area (TPSA) is 102 Å². The molecule has 0 bridgehead atoms. The Bertz CT molecular complexity index is 7440. The Morgan fingerprint density at radius 3 is 1.03 bits per heavy atom. The van der Waals surface area contributed by atoms with Crippen molar-refractivity contribution < 1.29 is 52.3 Å². The van der Waals surface area contributed by atoms with E-state index in [4.69, 9.17) is 19.9 Å². The van der Waals surface area contributed by atoms with Crippen molar-refractivity contribution in [3.8, 4) is 146 Å². The summed E-state index contributed by atoms with van der Waals surface area (Å²) in [5, 5.41) is 25.0. The average Bonchev–Trinajstić information content (AvgIpc) is 1.59. The van der Waals surface area contributed by atoms with Gasteiger partial charge in [0.2, 0.25) is 0 Å². The van der Waals surface area contributed by atoms with Crippen molar-refractivity contribution in [3.05, 3.63) is 396 Å². The number of hydrogen-bond donors (Lipinski definition) is 2. The SMILES string of the molecule is CC(C)(C)c1cc(-c2nc3c(-c4[c-]c(-c5cc6c(cn5)-c5ccccc5C6(C)C)cc(-c5ccccc5)c4)cccc3n2-c2ccccc2-c2ccccc2)c(O)c(C(C)(C)C)c1.CC(C)(C)c1cc(-c2nc3c(-c4[c-]c(-c5cc6c(cn5)-c5ccccc5C6(C)C)cc(C(C)(C)c5ccccc5)c4)cccc3n2-c2ccccc2-c2ccccc2)c(O)c(C(C)(C)C)c1.[Pt].[Pt]. The summed E-state index contributed by atoms with van der Waals surface area (Å²) in [6.07, 6.45) is 4.10. The monoisotopic (exact) mass is 2070 g/mol. The van der Waals surface area contributed by atoms with Crippen LogP contribution in [0.4, 0.5) is 0 Å². The number of phenols is 2. The van der Waals surface area contributed by atoms with E-state index in [1.807, 2.05) is 12.3 Å². The second-order valence-electron chi connectivity index (χ2n) is 40.8. The van der Waals surface area contributed by atoms with Gasteiger partial charge in [0.1, 0.15) is 23.1 Å². The fraction of sp³-hybridized carbons (Fsp3) is 0.207. The maximum Gasteiger partial charge on any atom is 0.148 e. The number of aromatic hydroxyl groups is 2. The van der Waals surface area contributed by atoms with E-state index < -0.39 is 0 Å². The van der Waals surface area contributed by atoms with Crippen molar-refractivity contribution in [2.75, 3.05) is 0 Å². The second kappa shape index (κ2) is 34.2. The number of benzene rings is 14. The predicted molar refractivity (Wildman–Crippen MR) is 536 cm³/mol. The summed E-state index contributed by atoms with van der Waals surface area (Å²) >= 11 is 0. The van der Waals surface area contributed by atoms with Crippen molar-refractivity contribution in [3.63, 3.8) is 0 Å². The van der Waals surface area contributed by atoms with Crippen LogP contribution in [0.5, 0.6) is 11.5 Å². The number of hydrogen-bond acceptors (Lipinski definition) is 6. The zero-order valence-corrected chi connectivity index (χ0v) is 82.4. The Labute approximate surface area is 801 Å². The van der Waals surface area contributed by atoms with Gasteiger partial charge in [0.25, 0.3) is 0 Å². The van der Waals surface area contributed by atoms with E-state index in [1.54, 1.807) is 0 Å². The van der Waals surface area contributed by atoms with Crippen LogP contribution >= 0.6 is 0 Å². The van der Waals surface area contributed by atoms with Gasteiger partial charge >= 0.3 is 0 Å². The molecule has 0 unspecified atom stereocenters. The molecule has 0 amide bonds. The van der Waals surface area contributed by atoms with Crippen LogP contribution in [0.2, 0.25) is 0 Å². The van der Waals surface area contributed by atoms with Crippen LogP contribution < -0.4 is 0 Å². The van der Waals surface area contributed by atoms with Gasteiger partial charge in [-0.2, -0.15) is 0 Å². The van der Waals surface area contributed by atoms with Gasteiger partial charge in [-0.3, -0.25) is 19.1 Å². The average molecular weight is 2070 g/mol. The summed E-state index contributed by atoms with van der Waals surface area (Å²) < 4.78 is 4.51. The van der Waals surface area contributed by atoms with Gasteiger partial charge in [-0.15, -0.1) is 53.1 Å². The molecule has 658 valence electrons. The maximum absolute atomic E-state index is 12.5. The summed E-state index contributed by atoms with van der Waals surface area (Å²) in [4.78, 5) is 21.7. The molecule has 20 rings (SSSR count). The minimum atomic E-state index is -0.359. The number of imidazole rings is 2. The van der Waals surface area contributed by atoms with Crippen LogP contribution in [-0.4, -0.2) is 39.3 Å².